The zero-order valence-corrected chi connectivity index (χ0v) is 66.5. The van der Waals surface area contributed by atoms with Crippen molar-refractivity contribution in [3.05, 3.63) is 401 Å². The average molecular weight is 1580 g/mol. The molecule has 0 amide bonds. The summed E-state index contributed by atoms with van der Waals surface area (Å²) in [5, 5.41) is 15.1. The molecule has 0 saturated heterocycles. The van der Waals surface area contributed by atoms with Crippen LogP contribution in [0, 0.1) is 0 Å². The fraction of sp³-hybridized carbons (Fsp3) is 0. The molecule has 0 saturated carbocycles. The highest BCUT2D eigenvalue weighted by Crippen LogP contribution is 2.40. The highest BCUT2D eigenvalue weighted by atomic mass is 14.8. The second-order valence-electron chi connectivity index (χ2n) is 31.5. The minimum atomic E-state index is 0.877. The SMILES string of the molecule is c1ccc(-c2ccc3ccc4ccc(-c5ccc(-c6ccc7ccc(-c8ccc9ccc(-c%10cc%11cccnc%11c%11ncccc%10%11)nc9c8)nc7c6)cc5)nc4c3n2)cc1.c1ccc2cc(-c3ccc4ccc5ccc(-c6ccc(-c7ccc8ccc(-c9ccc%10ccc(-c%11cc%12cccnc%12c%12ncccc%11%12)nc%10c9)nc8c7)cc6)nc5c4n3)ccc2c1. The van der Waals surface area contributed by atoms with E-state index >= 15 is 0 Å². The number of aromatic nitrogens is 12. The van der Waals surface area contributed by atoms with E-state index in [0.29, 0.717) is 0 Å². The molecule has 0 atom stereocenters. The van der Waals surface area contributed by atoms with Crippen LogP contribution >= 0.6 is 0 Å². The summed E-state index contributed by atoms with van der Waals surface area (Å²) in [5.74, 6) is 0. The van der Waals surface area contributed by atoms with Crippen molar-refractivity contribution in [2.24, 2.45) is 0 Å². The second kappa shape index (κ2) is 29.5. The molecule has 0 N–H and O–H groups in total. The lowest BCUT2D eigenvalue weighted by molar-refractivity contribution is 1.36. The number of hydrogen-bond donors (Lipinski definition) is 0. The van der Waals surface area contributed by atoms with Gasteiger partial charge in [-0.15, -0.1) is 0 Å². The minimum Gasteiger partial charge on any atom is -0.254 e. The van der Waals surface area contributed by atoms with E-state index in [-0.39, 0.29) is 0 Å². The Labute approximate surface area is 710 Å². The van der Waals surface area contributed by atoms with Crippen LogP contribution in [0.4, 0.5) is 0 Å². The molecule has 12 heteroatoms. The molecule has 0 aliphatic carbocycles. The van der Waals surface area contributed by atoms with Crippen molar-refractivity contribution >= 4 is 142 Å². The van der Waals surface area contributed by atoms with Crippen molar-refractivity contribution in [3.8, 4) is 112 Å². The first kappa shape index (κ1) is 71.2. The van der Waals surface area contributed by atoms with Crippen molar-refractivity contribution < 1.29 is 0 Å². The topological polar surface area (TPSA) is 155 Å². The third-order valence-corrected chi connectivity index (χ3v) is 24.0. The van der Waals surface area contributed by atoms with Crippen molar-refractivity contribution in [2.75, 3.05) is 0 Å². The fourth-order valence-electron chi connectivity index (χ4n) is 17.5. The molecule has 13 aromatic carbocycles. The van der Waals surface area contributed by atoms with Crippen LogP contribution in [0.2, 0.25) is 0 Å². The Morgan fingerprint density at radius 3 is 0.815 bits per heavy atom. The highest BCUT2D eigenvalue weighted by Gasteiger charge is 2.19. The number of rotatable bonds is 10. The van der Waals surface area contributed by atoms with Gasteiger partial charge < -0.3 is 0 Å². The number of fused-ring (bicyclic) bond motifs is 17. The van der Waals surface area contributed by atoms with Crippen molar-refractivity contribution in [1.82, 2.24) is 59.8 Å². The van der Waals surface area contributed by atoms with E-state index < -0.39 is 0 Å². The molecule has 12 aromatic heterocycles. The summed E-state index contributed by atoms with van der Waals surface area (Å²) < 4.78 is 0. The summed E-state index contributed by atoms with van der Waals surface area (Å²) in [7, 11) is 0. The molecule has 25 aromatic rings. The first-order valence-corrected chi connectivity index (χ1v) is 41.4. The summed E-state index contributed by atoms with van der Waals surface area (Å²) in [6.07, 6.45) is 7.27. The molecular weight excluding hydrogens is 1510 g/mol. The fourth-order valence-corrected chi connectivity index (χ4v) is 17.5. The minimum absolute atomic E-state index is 0.877. The lowest BCUT2D eigenvalue weighted by Gasteiger charge is -2.11. The van der Waals surface area contributed by atoms with Crippen molar-refractivity contribution in [2.45, 2.75) is 0 Å². The van der Waals surface area contributed by atoms with E-state index in [2.05, 4.69) is 344 Å². The van der Waals surface area contributed by atoms with Gasteiger partial charge in [-0.3, -0.25) is 19.9 Å². The maximum Gasteiger partial charge on any atom is 0.0972 e. The molecule has 25 rings (SSSR count). The molecule has 0 aliphatic rings. The molecule has 0 aliphatic heterocycles. The van der Waals surface area contributed by atoms with Crippen molar-refractivity contribution in [1.29, 1.82) is 0 Å². The predicted octanol–water partition coefficient (Wildman–Crippen LogP) is 27.8. The van der Waals surface area contributed by atoms with Gasteiger partial charge in [0, 0.05) is 134 Å². The summed E-state index contributed by atoms with van der Waals surface area (Å²) in [6.45, 7) is 0. The van der Waals surface area contributed by atoms with Crippen LogP contribution in [-0.2, 0) is 0 Å². The van der Waals surface area contributed by atoms with Crippen LogP contribution in [0.1, 0.15) is 0 Å². The standard InChI is InChI=1S/C58H34N6.C54H32N6/c1-2-6-42-31-44(19-11-35(42)5-1)51-27-24-41-17-16-40-23-26-49(63-56(40)57(41)64-51)37-12-9-36(10-13-37)43-18-14-38-21-25-50(61-53(38)33-43)45-20-15-39-22-28-52(62-54(39)34-45)48-32-46-7-3-29-59-55(46)58-47(48)8-4-30-60-58;1-2-6-34(7-3-1)45-25-22-38-16-17-39-23-26-46(60-53(39)52(38)59-45)35-12-10-33(11-13-35)40-18-14-36-20-24-47(57-49(36)31-40)41-19-15-37-21-27-48(58-50(37)32-41)44-30-42-8-4-28-55-51(42)54-43(44)9-5-29-56-54/h1-34H;1-32H. The normalized spacial score (nSPS) is 11.7. The Kier molecular flexibility index (Phi) is 17.0. The number of pyridine rings is 12. The van der Waals surface area contributed by atoms with E-state index in [4.69, 9.17) is 49.8 Å². The average Bonchev–Trinajstić information content (AvgIpc) is 0.754. The Bertz CT molecular complexity index is 8700. The Hall–Kier alpha value is -17.0. The quantitative estimate of drug-likeness (QED) is 0.120. The van der Waals surface area contributed by atoms with E-state index in [1.807, 2.05) is 67.3 Å². The predicted molar refractivity (Wildman–Crippen MR) is 508 cm³/mol. The second-order valence-corrected chi connectivity index (χ2v) is 31.5. The van der Waals surface area contributed by atoms with Crippen LogP contribution < -0.4 is 0 Å². The summed E-state index contributed by atoms with van der Waals surface area (Å²) in [4.78, 5) is 60.1. The number of hydrogen-bond acceptors (Lipinski definition) is 12. The molecule has 0 unspecified atom stereocenters. The number of nitrogens with zero attached hydrogens (tertiary/aromatic N) is 12. The molecule has 0 spiro atoms. The first-order chi connectivity index (χ1) is 61.3. The lowest BCUT2D eigenvalue weighted by Crippen LogP contribution is -1.92. The van der Waals surface area contributed by atoms with E-state index in [9.17, 15) is 0 Å². The lowest BCUT2D eigenvalue weighted by atomic mass is 9.99. The Morgan fingerprint density at radius 1 is 0.129 bits per heavy atom. The molecule has 12 nitrogen and oxygen atoms in total. The van der Waals surface area contributed by atoms with Gasteiger partial charge in [0.05, 0.1) is 112 Å². The molecule has 12 heterocycles. The summed E-state index contributed by atoms with van der Waals surface area (Å²) >= 11 is 0. The first-order valence-electron chi connectivity index (χ1n) is 41.4. The number of benzene rings is 13. The van der Waals surface area contributed by atoms with Crippen molar-refractivity contribution in [3.63, 3.8) is 0 Å². The van der Waals surface area contributed by atoms with E-state index in [0.717, 1.165) is 243 Å². The van der Waals surface area contributed by atoms with E-state index in [1.165, 1.54) is 10.8 Å². The van der Waals surface area contributed by atoms with Gasteiger partial charge in [-0.1, -0.05) is 261 Å². The maximum absolute atomic E-state index is 5.22. The largest absolute Gasteiger partial charge is 0.254 e. The Balaban J connectivity index is 0.000000140. The van der Waals surface area contributed by atoms with Gasteiger partial charge in [-0.25, -0.2) is 39.9 Å². The van der Waals surface area contributed by atoms with Gasteiger partial charge in [-0.2, -0.15) is 0 Å². The zero-order valence-electron chi connectivity index (χ0n) is 66.5. The van der Waals surface area contributed by atoms with Gasteiger partial charge in [-0.05, 0) is 148 Å². The third kappa shape index (κ3) is 12.9. The van der Waals surface area contributed by atoms with Crippen LogP contribution in [-0.4, -0.2) is 59.8 Å². The van der Waals surface area contributed by atoms with E-state index in [1.54, 1.807) is 0 Å². The van der Waals surface area contributed by atoms with Crippen LogP contribution in [0.3, 0.4) is 0 Å². The van der Waals surface area contributed by atoms with Gasteiger partial charge >= 0.3 is 0 Å². The third-order valence-electron chi connectivity index (χ3n) is 24.0. The molecular formula is C112H66N12. The summed E-state index contributed by atoms with van der Waals surface area (Å²) in [6, 6.07) is 131. The maximum atomic E-state index is 5.22. The Morgan fingerprint density at radius 2 is 0.395 bits per heavy atom. The van der Waals surface area contributed by atoms with Crippen LogP contribution in [0.25, 0.3) is 254 Å². The smallest absolute Gasteiger partial charge is 0.0972 e. The van der Waals surface area contributed by atoms with Gasteiger partial charge in [0.1, 0.15) is 0 Å². The van der Waals surface area contributed by atoms with Crippen LogP contribution in [0.15, 0.2) is 401 Å². The van der Waals surface area contributed by atoms with Gasteiger partial charge in [0.25, 0.3) is 0 Å². The van der Waals surface area contributed by atoms with Gasteiger partial charge in [0.2, 0.25) is 0 Å². The molecule has 0 fully saturated rings. The van der Waals surface area contributed by atoms with Crippen LogP contribution in [0.5, 0.6) is 0 Å². The summed E-state index contributed by atoms with van der Waals surface area (Å²) in [5.41, 5.74) is 30.9. The zero-order chi connectivity index (χ0) is 81.7. The molecule has 574 valence electrons. The highest BCUT2D eigenvalue weighted by molar-refractivity contribution is 6.13. The molecule has 0 bridgehead atoms. The van der Waals surface area contributed by atoms with Gasteiger partial charge in [0.15, 0.2) is 0 Å². The monoisotopic (exact) mass is 1580 g/mol. The molecule has 124 heavy (non-hydrogen) atoms. The molecule has 0 radical (unpaired) electrons.